The summed E-state index contributed by atoms with van der Waals surface area (Å²) in [6, 6.07) is 9.48. The number of carbonyl (C=O) groups excluding carboxylic acids is 1. The van der Waals surface area contributed by atoms with Gasteiger partial charge in [-0.1, -0.05) is 35.5 Å². The van der Waals surface area contributed by atoms with Crippen LogP contribution in [0.25, 0.3) is 11.4 Å². The quantitative estimate of drug-likeness (QED) is 0.803. The van der Waals surface area contributed by atoms with Crippen molar-refractivity contribution in [2.24, 2.45) is 0 Å². The minimum absolute atomic E-state index is 0.0152. The van der Waals surface area contributed by atoms with Crippen molar-refractivity contribution in [3.8, 4) is 11.4 Å². The number of aromatic nitrogens is 2. The van der Waals surface area contributed by atoms with Gasteiger partial charge in [-0.25, -0.2) is 8.42 Å². The lowest BCUT2D eigenvalue weighted by Gasteiger charge is -2.31. The van der Waals surface area contributed by atoms with Gasteiger partial charge >= 0.3 is 0 Å². The molecule has 1 aliphatic heterocycles. The lowest BCUT2D eigenvalue weighted by atomic mass is 10.1. The first-order valence-corrected chi connectivity index (χ1v) is 10.1. The van der Waals surface area contributed by atoms with E-state index in [4.69, 9.17) is 4.52 Å². The molecule has 1 saturated heterocycles. The van der Waals surface area contributed by atoms with Crippen LogP contribution in [0.1, 0.15) is 25.2 Å². The molecule has 0 N–H and O–H groups in total. The highest BCUT2D eigenvalue weighted by molar-refractivity contribution is 7.91. The molecule has 0 atom stereocenters. The van der Waals surface area contributed by atoms with E-state index in [-0.39, 0.29) is 29.9 Å². The minimum atomic E-state index is -2.93. The Morgan fingerprint density at radius 2 is 1.92 bits per heavy atom. The summed E-state index contributed by atoms with van der Waals surface area (Å²) in [5, 5.41) is 3.94. The summed E-state index contributed by atoms with van der Waals surface area (Å²) in [5.41, 5.74) is 0.865. The number of carbonyl (C=O) groups is 1. The van der Waals surface area contributed by atoms with E-state index in [1.54, 1.807) is 11.9 Å². The second-order valence-electron chi connectivity index (χ2n) is 6.27. The predicted molar refractivity (Wildman–Crippen MR) is 92.5 cm³/mol. The van der Waals surface area contributed by atoms with Crippen molar-refractivity contribution in [1.82, 2.24) is 15.0 Å². The molecule has 7 nitrogen and oxygen atoms in total. The summed E-state index contributed by atoms with van der Waals surface area (Å²) in [5.74, 6) is 1.20. The highest BCUT2D eigenvalue weighted by Gasteiger charge is 2.28. The molecule has 0 spiro atoms. The van der Waals surface area contributed by atoms with E-state index in [9.17, 15) is 13.2 Å². The van der Waals surface area contributed by atoms with Crippen LogP contribution in [0.15, 0.2) is 34.9 Å². The van der Waals surface area contributed by atoms with Crippen LogP contribution in [0.5, 0.6) is 0 Å². The number of hydrogen-bond donors (Lipinski definition) is 0. The van der Waals surface area contributed by atoms with Crippen molar-refractivity contribution in [1.29, 1.82) is 0 Å². The van der Waals surface area contributed by atoms with Gasteiger partial charge in [-0.05, 0) is 12.8 Å². The van der Waals surface area contributed by atoms with Crippen molar-refractivity contribution in [3.63, 3.8) is 0 Å². The average Bonchev–Trinajstić information content (AvgIpc) is 3.09. The summed E-state index contributed by atoms with van der Waals surface area (Å²) < 4.78 is 28.2. The van der Waals surface area contributed by atoms with Gasteiger partial charge in [-0.3, -0.25) is 4.79 Å². The molecule has 3 rings (SSSR count). The average molecular weight is 363 g/mol. The summed E-state index contributed by atoms with van der Waals surface area (Å²) in [6.07, 6.45) is 1.64. The zero-order valence-corrected chi connectivity index (χ0v) is 14.9. The molecular weight excluding hydrogens is 342 g/mol. The second-order valence-corrected chi connectivity index (χ2v) is 8.57. The standard InChI is InChI=1S/C17H21N3O4S/c1-20(14-9-11-25(22,23)12-10-14)16(21)8-7-15-18-17(19-24-15)13-5-3-2-4-6-13/h2-6,14H,7-12H2,1H3. The van der Waals surface area contributed by atoms with Crippen LogP contribution in [0.4, 0.5) is 0 Å². The Bertz CT molecular complexity index is 819. The Labute approximate surface area is 146 Å². The van der Waals surface area contributed by atoms with Crippen LogP contribution in [-0.2, 0) is 21.1 Å². The largest absolute Gasteiger partial charge is 0.343 e. The maximum atomic E-state index is 12.3. The number of nitrogens with zero attached hydrogens (tertiary/aromatic N) is 3. The van der Waals surface area contributed by atoms with Crippen molar-refractivity contribution in [3.05, 3.63) is 36.2 Å². The third kappa shape index (κ3) is 4.45. The molecule has 1 amide bonds. The predicted octanol–water partition coefficient (Wildman–Crippen LogP) is 1.70. The fraction of sp³-hybridized carbons (Fsp3) is 0.471. The Morgan fingerprint density at radius 3 is 2.60 bits per heavy atom. The third-order valence-corrected chi connectivity index (χ3v) is 6.23. The van der Waals surface area contributed by atoms with Gasteiger partial charge in [0.2, 0.25) is 17.6 Å². The topological polar surface area (TPSA) is 93.4 Å². The molecule has 0 saturated carbocycles. The first-order chi connectivity index (χ1) is 11.9. The van der Waals surface area contributed by atoms with Crippen LogP contribution in [-0.4, -0.2) is 54.0 Å². The van der Waals surface area contributed by atoms with Crippen molar-refractivity contribution in [2.75, 3.05) is 18.6 Å². The molecule has 0 radical (unpaired) electrons. The first-order valence-electron chi connectivity index (χ1n) is 8.29. The molecule has 1 fully saturated rings. The Balaban J connectivity index is 1.53. The Morgan fingerprint density at radius 1 is 1.24 bits per heavy atom. The second kappa shape index (κ2) is 7.35. The number of benzene rings is 1. The lowest BCUT2D eigenvalue weighted by Crippen LogP contribution is -2.42. The Kier molecular flexibility index (Phi) is 5.17. The highest BCUT2D eigenvalue weighted by Crippen LogP contribution is 2.19. The molecule has 134 valence electrons. The summed E-state index contributed by atoms with van der Waals surface area (Å²) >= 11 is 0. The molecule has 0 unspecified atom stereocenters. The van der Waals surface area contributed by atoms with Gasteiger partial charge in [0.1, 0.15) is 9.84 Å². The zero-order chi connectivity index (χ0) is 17.9. The minimum Gasteiger partial charge on any atom is -0.343 e. The van der Waals surface area contributed by atoms with E-state index in [1.807, 2.05) is 30.3 Å². The molecular formula is C17H21N3O4S. The van der Waals surface area contributed by atoms with Gasteiger partial charge in [0.15, 0.2) is 0 Å². The van der Waals surface area contributed by atoms with E-state index < -0.39 is 9.84 Å². The van der Waals surface area contributed by atoms with E-state index in [0.29, 0.717) is 31.0 Å². The maximum Gasteiger partial charge on any atom is 0.227 e. The van der Waals surface area contributed by atoms with Crippen LogP contribution < -0.4 is 0 Å². The van der Waals surface area contributed by atoms with Crippen LogP contribution in [0, 0.1) is 0 Å². The van der Waals surface area contributed by atoms with Crippen molar-refractivity contribution >= 4 is 15.7 Å². The van der Waals surface area contributed by atoms with E-state index in [1.165, 1.54) is 0 Å². The maximum absolute atomic E-state index is 12.3. The third-order valence-electron chi connectivity index (χ3n) is 4.52. The van der Waals surface area contributed by atoms with E-state index in [0.717, 1.165) is 5.56 Å². The summed E-state index contributed by atoms with van der Waals surface area (Å²) in [7, 11) is -1.19. The number of rotatable bonds is 5. The van der Waals surface area contributed by atoms with Gasteiger partial charge in [-0.15, -0.1) is 0 Å². The normalized spacial score (nSPS) is 17.3. The lowest BCUT2D eigenvalue weighted by molar-refractivity contribution is -0.132. The van der Waals surface area contributed by atoms with Crippen LogP contribution >= 0.6 is 0 Å². The molecule has 8 heteroatoms. The first kappa shape index (κ1) is 17.6. The molecule has 25 heavy (non-hydrogen) atoms. The fourth-order valence-electron chi connectivity index (χ4n) is 2.92. The van der Waals surface area contributed by atoms with Gasteiger partial charge < -0.3 is 9.42 Å². The van der Waals surface area contributed by atoms with Crippen LogP contribution in [0.2, 0.25) is 0 Å². The van der Waals surface area contributed by atoms with Crippen molar-refractivity contribution < 1.29 is 17.7 Å². The number of sulfone groups is 1. The zero-order valence-electron chi connectivity index (χ0n) is 14.1. The number of amides is 1. The number of hydrogen-bond acceptors (Lipinski definition) is 6. The molecule has 2 heterocycles. The molecule has 1 aromatic carbocycles. The smallest absolute Gasteiger partial charge is 0.227 e. The van der Waals surface area contributed by atoms with Gasteiger partial charge in [0.25, 0.3) is 0 Å². The van der Waals surface area contributed by atoms with E-state index in [2.05, 4.69) is 10.1 Å². The van der Waals surface area contributed by atoms with Gasteiger partial charge in [-0.2, -0.15) is 4.98 Å². The molecule has 1 aliphatic rings. The summed E-state index contributed by atoms with van der Waals surface area (Å²) in [4.78, 5) is 18.3. The monoisotopic (exact) mass is 363 g/mol. The van der Waals surface area contributed by atoms with E-state index >= 15 is 0 Å². The molecule has 2 aromatic rings. The highest BCUT2D eigenvalue weighted by atomic mass is 32.2. The SMILES string of the molecule is CN(C(=O)CCc1nc(-c2ccccc2)no1)C1CCS(=O)(=O)CC1. The fourth-order valence-corrected chi connectivity index (χ4v) is 4.39. The van der Waals surface area contributed by atoms with Crippen LogP contribution in [0.3, 0.4) is 0 Å². The molecule has 1 aromatic heterocycles. The summed E-state index contributed by atoms with van der Waals surface area (Å²) in [6.45, 7) is 0. The molecule has 0 bridgehead atoms. The van der Waals surface area contributed by atoms with Gasteiger partial charge in [0.05, 0.1) is 11.5 Å². The number of aryl methyl sites for hydroxylation is 1. The molecule has 0 aliphatic carbocycles. The Hall–Kier alpha value is -2.22. The van der Waals surface area contributed by atoms with Crippen molar-refractivity contribution in [2.45, 2.75) is 31.7 Å². The van der Waals surface area contributed by atoms with Gasteiger partial charge in [0, 0.05) is 31.5 Å².